The highest BCUT2D eigenvalue weighted by atomic mass is 16.2. The minimum absolute atomic E-state index is 0.0345. The first kappa shape index (κ1) is 31.4. The molecule has 6 rings (SSSR count). The van der Waals surface area contributed by atoms with Crippen LogP contribution < -0.4 is 16.0 Å². The molecule has 3 aromatic rings. The molecule has 2 heterocycles. The van der Waals surface area contributed by atoms with Gasteiger partial charge in [-0.2, -0.15) is 10.5 Å². The largest absolute Gasteiger partial charge is 0.388 e. The summed E-state index contributed by atoms with van der Waals surface area (Å²) in [5, 5.41) is 35.4. The first-order valence-corrected chi connectivity index (χ1v) is 16.4. The molecule has 240 valence electrons. The van der Waals surface area contributed by atoms with Crippen LogP contribution in [0.2, 0.25) is 0 Å². The number of likely N-dealkylation sites (tertiary alicyclic amines) is 1. The highest BCUT2D eigenvalue weighted by Crippen LogP contribution is 2.48. The summed E-state index contributed by atoms with van der Waals surface area (Å²) in [5.41, 5.74) is 5.98. The van der Waals surface area contributed by atoms with E-state index in [1.54, 1.807) is 11.9 Å². The van der Waals surface area contributed by atoms with Gasteiger partial charge in [-0.1, -0.05) is 42.8 Å². The molecule has 1 aliphatic heterocycles. The average Bonchev–Trinajstić information content (AvgIpc) is 3.89. The third kappa shape index (κ3) is 5.78. The van der Waals surface area contributed by atoms with Crippen molar-refractivity contribution in [2.24, 2.45) is 5.92 Å². The molecule has 0 bridgehead atoms. The van der Waals surface area contributed by atoms with E-state index in [0.29, 0.717) is 30.3 Å². The number of nitriles is 1. The second kappa shape index (κ2) is 13.4. The van der Waals surface area contributed by atoms with Crippen molar-refractivity contribution >= 4 is 17.5 Å². The predicted octanol–water partition coefficient (Wildman–Crippen LogP) is 3.24. The molecule has 2 unspecified atom stereocenters. The molecule has 2 aromatic carbocycles. The fourth-order valence-corrected chi connectivity index (χ4v) is 7.98. The van der Waals surface area contributed by atoms with Crippen molar-refractivity contribution in [3.05, 3.63) is 82.2 Å². The molecule has 11 nitrogen and oxygen atoms in total. The van der Waals surface area contributed by atoms with Crippen LogP contribution in [0.4, 0.5) is 0 Å². The molecule has 4 N–H and O–H groups in total. The van der Waals surface area contributed by atoms with Crippen LogP contribution >= 0.6 is 0 Å². The zero-order chi connectivity index (χ0) is 32.3. The van der Waals surface area contributed by atoms with Gasteiger partial charge in [0.15, 0.2) is 5.82 Å². The molecule has 2 amide bonds. The van der Waals surface area contributed by atoms with Crippen molar-refractivity contribution in [2.45, 2.75) is 75.3 Å². The molecule has 1 saturated carbocycles. The quantitative estimate of drug-likeness (QED) is 0.269. The van der Waals surface area contributed by atoms with Crippen LogP contribution in [0.25, 0.3) is 5.70 Å². The Hall–Kier alpha value is -4.56. The van der Waals surface area contributed by atoms with Crippen molar-refractivity contribution < 1.29 is 9.59 Å². The van der Waals surface area contributed by atoms with Crippen molar-refractivity contribution in [1.82, 2.24) is 41.5 Å². The third-order valence-corrected chi connectivity index (χ3v) is 10.4. The van der Waals surface area contributed by atoms with E-state index in [2.05, 4.69) is 73.5 Å². The highest BCUT2D eigenvalue weighted by Gasteiger charge is 2.47. The van der Waals surface area contributed by atoms with E-state index in [4.69, 9.17) is 0 Å². The SMILES string of the molecule is C=C(NC)c1ccc2c(c1)CCc1cc(C(=O)NC)ccc1C2(C[C@@H](NCC(=O)N1CCCC1C#N)C1CCCC1)c1nn[nH]n1. The first-order valence-electron chi connectivity index (χ1n) is 16.4. The Morgan fingerprint density at radius 1 is 1.04 bits per heavy atom. The number of hydrogen-bond donors (Lipinski definition) is 4. The van der Waals surface area contributed by atoms with Crippen molar-refractivity contribution in [1.29, 1.82) is 5.26 Å². The normalized spacial score (nSPS) is 21.5. The zero-order valence-corrected chi connectivity index (χ0v) is 26.7. The van der Waals surface area contributed by atoms with Crippen LogP contribution in [0.3, 0.4) is 0 Å². The van der Waals surface area contributed by atoms with Gasteiger partial charge in [0.25, 0.3) is 5.91 Å². The number of fused-ring (bicyclic) bond motifs is 2. The topological polar surface area (TPSA) is 152 Å². The van der Waals surface area contributed by atoms with Crippen LogP contribution in [0.1, 0.15) is 88.9 Å². The number of aromatic amines is 1. The molecule has 3 aliphatic rings. The Labute approximate surface area is 270 Å². The van der Waals surface area contributed by atoms with E-state index in [1.807, 2.05) is 19.2 Å². The van der Waals surface area contributed by atoms with Crippen LogP contribution in [0.5, 0.6) is 0 Å². The zero-order valence-electron chi connectivity index (χ0n) is 26.7. The molecular weight excluding hydrogens is 578 g/mol. The number of nitrogens with zero attached hydrogens (tertiary/aromatic N) is 5. The number of nitrogens with one attached hydrogen (secondary N) is 4. The maximum Gasteiger partial charge on any atom is 0.251 e. The lowest BCUT2D eigenvalue weighted by Gasteiger charge is -2.39. The van der Waals surface area contributed by atoms with Crippen molar-refractivity contribution in [3.63, 3.8) is 0 Å². The molecular formula is C35H43N9O2. The van der Waals surface area contributed by atoms with E-state index in [1.165, 1.54) is 0 Å². The summed E-state index contributed by atoms with van der Waals surface area (Å²) in [7, 11) is 3.51. The standard InChI is InChI=1S/C35H43N9O2/c1-22(37-2)24-12-14-29-25(17-24)10-11-26-18-27(33(46)38-3)13-15-30(26)35(29,34-40-42-43-41-34)19-31(23-7-4-5-8-23)39-21-32(45)44-16-6-9-28(44)20-36/h12-15,17-18,23,28,31,37,39H,1,4-11,16,19,21H2,2-3H3,(H,38,46)(H,40,41,42,43)/t28?,31-,35?/m1/s1. The van der Waals surface area contributed by atoms with E-state index in [9.17, 15) is 14.9 Å². The van der Waals surface area contributed by atoms with Crippen LogP contribution in [0.15, 0.2) is 43.0 Å². The van der Waals surface area contributed by atoms with Gasteiger partial charge in [-0.3, -0.25) is 9.59 Å². The fraction of sp³-hybridized carbons (Fsp3) is 0.486. The molecule has 1 saturated heterocycles. The second-order valence-corrected chi connectivity index (χ2v) is 12.8. The Kier molecular flexibility index (Phi) is 9.17. The summed E-state index contributed by atoms with van der Waals surface area (Å²) in [5.74, 6) is 0.743. The van der Waals surface area contributed by atoms with Gasteiger partial charge in [-0.15, -0.1) is 10.2 Å². The van der Waals surface area contributed by atoms with Gasteiger partial charge in [0, 0.05) is 37.9 Å². The number of benzene rings is 2. The lowest BCUT2D eigenvalue weighted by Crippen LogP contribution is -2.48. The second-order valence-electron chi connectivity index (χ2n) is 12.8. The Bertz CT molecular complexity index is 1570. The van der Waals surface area contributed by atoms with Gasteiger partial charge in [-0.05, 0) is 96.9 Å². The monoisotopic (exact) mass is 621 g/mol. The summed E-state index contributed by atoms with van der Waals surface area (Å²) in [6, 6.07) is 14.3. The number of carbonyl (C=O) groups is 2. The smallest absolute Gasteiger partial charge is 0.251 e. The minimum Gasteiger partial charge on any atom is -0.388 e. The first-order chi connectivity index (χ1) is 22.4. The number of H-pyrrole nitrogens is 1. The molecule has 0 radical (unpaired) electrons. The molecule has 2 aliphatic carbocycles. The van der Waals surface area contributed by atoms with E-state index < -0.39 is 5.41 Å². The van der Waals surface area contributed by atoms with Crippen LogP contribution in [0, 0.1) is 17.2 Å². The van der Waals surface area contributed by atoms with E-state index in [0.717, 1.165) is 84.9 Å². The van der Waals surface area contributed by atoms with Crippen LogP contribution in [-0.2, 0) is 23.1 Å². The number of rotatable bonds is 10. The van der Waals surface area contributed by atoms with Gasteiger partial charge < -0.3 is 20.9 Å². The number of aromatic nitrogens is 4. The molecule has 1 aromatic heterocycles. The summed E-state index contributed by atoms with van der Waals surface area (Å²) >= 11 is 0. The summed E-state index contributed by atoms with van der Waals surface area (Å²) < 4.78 is 0. The average molecular weight is 622 g/mol. The van der Waals surface area contributed by atoms with Gasteiger partial charge in [-0.25, -0.2) is 0 Å². The lowest BCUT2D eigenvalue weighted by atomic mass is 9.66. The molecule has 0 spiro atoms. The Balaban J connectivity index is 1.49. The molecule has 3 atom stereocenters. The van der Waals surface area contributed by atoms with E-state index in [-0.39, 0.29) is 30.4 Å². The maximum absolute atomic E-state index is 13.5. The maximum atomic E-state index is 13.5. The molecule has 2 fully saturated rings. The van der Waals surface area contributed by atoms with Crippen LogP contribution in [-0.4, -0.2) is 76.6 Å². The van der Waals surface area contributed by atoms with Gasteiger partial charge in [0.05, 0.1) is 18.0 Å². The number of amides is 2. The predicted molar refractivity (Wildman–Crippen MR) is 175 cm³/mol. The van der Waals surface area contributed by atoms with Gasteiger partial charge >= 0.3 is 0 Å². The third-order valence-electron chi connectivity index (χ3n) is 10.4. The summed E-state index contributed by atoms with van der Waals surface area (Å²) in [6.45, 7) is 4.99. The minimum atomic E-state index is -0.818. The van der Waals surface area contributed by atoms with E-state index >= 15 is 0 Å². The number of tetrazole rings is 1. The molecule has 11 heteroatoms. The Morgan fingerprint density at radius 2 is 1.74 bits per heavy atom. The summed E-state index contributed by atoms with van der Waals surface area (Å²) in [6.07, 6.45) is 8.08. The van der Waals surface area contributed by atoms with Crippen molar-refractivity contribution in [3.8, 4) is 6.07 Å². The number of carbonyl (C=O) groups excluding carboxylic acids is 2. The fourth-order valence-electron chi connectivity index (χ4n) is 7.98. The van der Waals surface area contributed by atoms with Gasteiger partial charge in [0.1, 0.15) is 6.04 Å². The number of aryl methyl sites for hydroxylation is 2. The van der Waals surface area contributed by atoms with Crippen molar-refractivity contribution in [2.75, 3.05) is 27.2 Å². The lowest BCUT2D eigenvalue weighted by molar-refractivity contribution is -0.130. The van der Waals surface area contributed by atoms with Gasteiger partial charge in [0.2, 0.25) is 5.91 Å². The summed E-state index contributed by atoms with van der Waals surface area (Å²) in [4.78, 5) is 28.0. The Morgan fingerprint density at radius 3 is 2.37 bits per heavy atom. The number of hydrogen-bond acceptors (Lipinski definition) is 8. The highest BCUT2D eigenvalue weighted by molar-refractivity contribution is 5.94. The molecule has 46 heavy (non-hydrogen) atoms.